The molecule has 106 valence electrons. The molecule has 1 aromatic carbocycles. The van der Waals surface area contributed by atoms with Gasteiger partial charge in [0.25, 0.3) is 0 Å². The summed E-state index contributed by atoms with van der Waals surface area (Å²) in [4.78, 5) is 5.05. The maximum atomic E-state index is 5.97. The van der Waals surface area contributed by atoms with Crippen LogP contribution in [0.1, 0.15) is 20.3 Å². The predicted molar refractivity (Wildman–Crippen MR) is 82.5 cm³/mol. The van der Waals surface area contributed by atoms with E-state index < -0.39 is 0 Å². The molecule has 0 amide bonds. The number of nitrogens with two attached hydrogens (primary N) is 1. The average Bonchev–Trinajstić information content (AvgIpc) is 2.49. The maximum absolute atomic E-state index is 5.97. The third-order valence-electron chi connectivity index (χ3n) is 4.45. The van der Waals surface area contributed by atoms with Gasteiger partial charge in [0, 0.05) is 44.5 Å². The number of anilines is 1. The summed E-state index contributed by atoms with van der Waals surface area (Å²) in [5, 5.41) is 0. The van der Waals surface area contributed by atoms with E-state index >= 15 is 0 Å². The zero-order chi connectivity index (χ0) is 13.7. The van der Waals surface area contributed by atoms with Crippen LogP contribution in [0.5, 0.6) is 0 Å². The summed E-state index contributed by atoms with van der Waals surface area (Å²) >= 11 is 0. The molecule has 1 aliphatic heterocycles. The molecule has 2 N–H and O–H groups in total. The highest BCUT2D eigenvalue weighted by atomic mass is 15.3. The first-order valence-corrected chi connectivity index (χ1v) is 7.50. The third kappa shape index (κ3) is 3.48. The number of piperazine rings is 1. The van der Waals surface area contributed by atoms with Gasteiger partial charge >= 0.3 is 0 Å². The van der Waals surface area contributed by atoms with Crippen molar-refractivity contribution < 1.29 is 0 Å². The SMILES string of the molecule is CCC(C)C(CN)N1CCN(c2ccccc2)CC1. The highest BCUT2D eigenvalue weighted by molar-refractivity contribution is 5.46. The molecule has 1 aliphatic rings. The fraction of sp³-hybridized carbons (Fsp3) is 0.625. The van der Waals surface area contributed by atoms with Gasteiger partial charge in [-0.2, -0.15) is 0 Å². The first kappa shape index (κ1) is 14.4. The molecule has 0 aromatic heterocycles. The van der Waals surface area contributed by atoms with Crippen molar-refractivity contribution in [1.29, 1.82) is 0 Å². The fourth-order valence-electron chi connectivity index (χ4n) is 2.96. The Labute approximate surface area is 117 Å². The molecule has 0 aliphatic carbocycles. The van der Waals surface area contributed by atoms with Gasteiger partial charge in [0.1, 0.15) is 0 Å². The van der Waals surface area contributed by atoms with E-state index in [9.17, 15) is 0 Å². The van der Waals surface area contributed by atoms with Crippen LogP contribution in [0.4, 0.5) is 5.69 Å². The maximum Gasteiger partial charge on any atom is 0.0367 e. The predicted octanol–water partition coefficient (Wildman–Crippen LogP) is 2.18. The topological polar surface area (TPSA) is 32.5 Å². The number of para-hydroxylation sites is 1. The molecule has 2 rings (SSSR count). The summed E-state index contributed by atoms with van der Waals surface area (Å²) in [6.07, 6.45) is 1.21. The lowest BCUT2D eigenvalue weighted by molar-refractivity contribution is 0.142. The molecule has 1 aromatic rings. The zero-order valence-electron chi connectivity index (χ0n) is 12.3. The Morgan fingerprint density at radius 3 is 2.26 bits per heavy atom. The Kier molecular flexibility index (Phi) is 5.23. The first-order valence-electron chi connectivity index (χ1n) is 7.50. The molecule has 1 heterocycles. The molecule has 0 radical (unpaired) electrons. The summed E-state index contributed by atoms with van der Waals surface area (Å²) in [7, 11) is 0. The Bertz CT molecular complexity index is 358. The van der Waals surface area contributed by atoms with Gasteiger partial charge in [0.2, 0.25) is 0 Å². The van der Waals surface area contributed by atoms with E-state index in [-0.39, 0.29) is 0 Å². The second kappa shape index (κ2) is 6.92. The van der Waals surface area contributed by atoms with Crippen molar-refractivity contribution in [2.45, 2.75) is 26.3 Å². The average molecular weight is 261 g/mol. The molecule has 3 nitrogen and oxygen atoms in total. The fourth-order valence-corrected chi connectivity index (χ4v) is 2.96. The lowest BCUT2D eigenvalue weighted by Crippen LogP contribution is -2.54. The number of benzene rings is 1. The lowest BCUT2D eigenvalue weighted by atomic mass is 9.97. The number of hydrogen-bond acceptors (Lipinski definition) is 3. The summed E-state index contributed by atoms with van der Waals surface area (Å²) < 4.78 is 0. The zero-order valence-corrected chi connectivity index (χ0v) is 12.3. The Hall–Kier alpha value is -1.06. The Morgan fingerprint density at radius 2 is 1.74 bits per heavy atom. The molecule has 2 unspecified atom stereocenters. The van der Waals surface area contributed by atoms with Gasteiger partial charge in [-0.1, -0.05) is 38.5 Å². The summed E-state index contributed by atoms with van der Waals surface area (Å²) in [5.74, 6) is 0.688. The van der Waals surface area contributed by atoms with Crippen molar-refractivity contribution in [3.63, 3.8) is 0 Å². The Balaban J connectivity index is 1.91. The molecule has 1 fully saturated rings. The number of nitrogens with zero attached hydrogens (tertiary/aromatic N) is 2. The lowest BCUT2D eigenvalue weighted by Gasteiger charge is -2.41. The highest BCUT2D eigenvalue weighted by Crippen LogP contribution is 2.19. The monoisotopic (exact) mass is 261 g/mol. The van der Waals surface area contributed by atoms with Crippen molar-refractivity contribution in [2.24, 2.45) is 11.7 Å². The minimum Gasteiger partial charge on any atom is -0.369 e. The summed E-state index contributed by atoms with van der Waals surface area (Å²) in [6, 6.07) is 11.2. The van der Waals surface area contributed by atoms with E-state index in [1.165, 1.54) is 12.1 Å². The van der Waals surface area contributed by atoms with Crippen LogP contribution in [0.3, 0.4) is 0 Å². The van der Waals surface area contributed by atoms with Crippen molar-refractivity contribution in [2.75, 3.05) is 37.6 Å². The second-order valence-corrected chi connectivity index (χ2v) is 5.55. The van der Waals surface area contributed by atoms with Gasteiger partial charge in [-0.25, -0.2) is 0 Å². The van der Waals surface area contributed by atoms with E-state index in [0.29, 0.717) is 12.0 Å². The number of rotatable bonds is 5. The van der Waals surface area contributed by atoms with Gasteiger partial charge in [-0.15, -0.1) is 0 Å². The van der Waals surface area contributed by atoms with Gasteiger partial charge in [0.05, 0.1) is 0 Å². The summed E-state index contributed by atoms with van der Waals surface area (Å²) in [6.45, 7) is 9.82. The van der Waals surface area contributed by atoms with Crippen LogP contribution >= 0.6 is 0 Å². The van der Waals surface area contributed by atoms with Crippen molar-refractivity contribution in [3.05, 3.63) is 30.3 Å². The standard InChI is InChI=1S/C16H27N3/c1-3-14(2)16(13-17)19-11-9-18(10-12-19)15-7-5-4-6-8-15/h4-8,14,16H,3,9-13,17H2,1-2H3. The van der Waals surface area contributed by atoms with Crippen molar-refractivity contribution in [1.82, 2.24) is 4.90 Å². The van der Waals surface area contributed by atoms with Crippen LogP contribution in [-0.2, 0) is 0 Å². The largest absolute Gasteiger partial charge is 0.369 e. The Morgan fingerprint density at radius 1 is 1.11 bits per heavy atom. The van der Waals surface area contributed by atoms with Crippen LogP contribution < -0.4 is 10.6 Å². The number of hydrogen-bond donors (Lipinski definition) is 1. The molecule has 1 saturated heterocycles. The van der Waals surface area contributed by atoms with Crippen LogP contribution in [0.2, 0.25) is 0 Å². The quantitative estimate of drug-likeness (QED) is 0.882. The molecule has 3 heteroatoms. The van der Waals surface area contributed by atoms with E-state index in [1.807, 2.05) is 0 Å². The van der Waals surface area contributed by atoms with E-state index in [4.69, 9.17) is 5.73 Å². The first-order chi connectivity index (χ1) is 9.26. The van der Waals surface area contributed by atoms with Crippen LogP contribution in [-0.4, -0.2) is 43.7 Å². The molecule has 0 spiro atoms. The van der Waals surface area contributed by atoms with E-state index in [0.717, 1.165) is 32.7 Å². The highest BCUT2D eigenvalue weighted by Gasteiger charge is 2.25. The van der Waals surface area contributed by atoms with Gasteiger partial charge < -0.3 is 10.6 Å². The molecular formula is C16H27N3. The van der Waals surface area contributed by atoms with Crippen LogP contribution in [0.25, 0.3) is 0 Å². The van der Waals surface area contributed by atoms with Gasteiger partial charge in [-0.05, 0) is 18.1 Å². The molecule has 0 saturated carbocycles. The van der Waals surface area contributed by atoms with Gasteiger partial charge in [0.15, 0.2) is 0 Å². The smallest absolute Gasteiger partial charge is 0.0367 e. The van der Waals surface area contributed by atoms with Crippen LogP contribution in [0.15, 0.2) is 30.3 Å². The molecular weight excluding hydrogens is 234 g/mol. The minimum absolute atomic E-state index is 0.544. The molecule has 19 heavy (non-hydrogen) atoms. The molecule has 0 bridgehead atoms. The van der Waals surface area contributed by atoms with Gasteiger partial charge in [-0.3, -0.25) is 4.90 Å². The molecule has 2 atom stereocenters. The second-order valence-electron chi connectivity index (χ2n) is 5.55. The van der Waals surface area contributed by atoms with Crippen LogP contribution in [0, 0.1) is 5.92 Å². The van der Waals surface area contributed by atoms with E-state index in [1.54, 1.807) is 0 Å². The minimum atomic E-state index is 0.544. The normalized spacial score (nSPS) is 20.3. The third-order valence-corrected chi connectivity index (χ3v) is 4.45. The van der Waals surface area contributed by atoms with E-state index in [2.05, 4.69) is 54.0 Å². The van der Waals surface area contributed by atoms with Crippen molar-refractivity contribution >= 4 is 5.69 Å². The van der Waals surface area contributed by atoms with Crippen molar-refractivity contribution in [3.8, 4) is 0 Å². The summed E-state index contributed by atoms with van der Waals surface area (Å²) in [5.41, 5.74) is 7.31.